The summed E-state index contributed by atoms with van der Waals surface area (Å²) in [7, 11) is 1.80. The molecule has 0 amide bonds. The molecule has 0 fully saturated rings. The SMILES string of the molecule is Cc1cc(CC(O)c2cccc(C(F)F)c2)n(C)n1. The van der Waals surface area contributed by atoms with Crippen molar-refractivity contribution in [2.45, 2.75) is 25.9 Å². The summed E-state index contributed by atoms with van der Waals surface area (Å²) in [5.74, 6) is 0. The van der Waals surface area contributed by atoms with Crippen LogP contribution in [0.15, 0.2) is 30.3 Å². The van der Waals surface area contributed by atoms with E-state index in [2.05, 4.69) is 5.10 Å². The van der Waals surface area contributed by atoms with Gasteiger partial charge in [0.05, 0.1) is 11.8 Å². The van der Waals surface area contributed by atoms with Crippen molar-refractivity contribution in [2.75, 3.05) is 0 Å². The van der Waals surface area contributed by atoms with Gasteiger partial charge in [-0.15, -0.1) is 0 Å². The standard InChI is InChI=1S/C14H16F2N2O/c1-9-6-12(18(2)17-9)8-13(19)10-4-3-5-11(7-10)14(15)16/h3-7,13-14,19H,8H2,1-2H3. The van der Waals surface area contributed by atoms with Crippen LogP contribution in [0.5, 0.6) is 0 Å². The van der Waals surface area contributed by atoms with Gasteiger partial charge in [-0.05, 0) is 24.6 Å². The second kappa shape index (κ2) is 5.48. The number of aryl methyl sites for hydroxylation is 2. The number of aliphatic hydroxyl groups is 1. The number of alkyl halides is 2. The minimum atomic E-state index is -2.52. The van der Waals surface area contributed by atoms with Crippen molar-refractivity contribution in [3.8, 4) is 0 Å². The molecule has 0 aliphatic heterocycles. The van der Waals surface area contributed by atoms with Crippen molar-refractivity contribution in [1.29, 1.82) is 0 Å². The van der Waals surface area contributed by atoms with Gasteiger partial charge in [0.1, 0.15) is 0 Å². The van der Waals surface area contributed by atoms with Crippen LogP contribution in [-0.2, 0) is 13.5 Å². The van der Waals surface area contributed by atoms with Crippen LogP contribution in [0.4, 0.5) is 8.78 Å². The van der Waals surface area contributed by atoms with Gasteiger partial charge in [0.2, 0.25) is 0 Å². The summed E-state index contributed by atoms with van der Waals surface area (Å²) in [6, 6.07) is 7.77. The molecule has 0 saturated heterocycles. The van der Waals surface area contributed by atoms with E-state index in [1.54, 1.807) is 17.8 Å². The molecule has 1 unspecified atom stereocenters. The predicted octanol–water partition coefficient (Wildman–Crippen LogP) is 2.94. The predicted molar refractivity (Wildman–Crippen MR) is 68.0 cm³/mol. The van der Waals surface area contributed by atoms with Crippen LogP contribution in [-0.4, -0.2) is 14.9 Å². The maximum atomic E-state index is 12.6. The molecule has 0 aliphatic rings. The zero-order valence-electron chi connectivity index (χ0n) is 10.8. The molecule has 2 aromatic rings. The Morgan fingerprint density at radius 2 is 1.95 bits per heavy atom. The molecule has 1 N–H and O–H groups in total. The van der Waals surface area contributed by atoms with Gasteiger partial charge >= 0.3 is 0 Å². The molecule has 0 spiro atoms. The van der Waals surface area contributed by atoms with Crippen molar-refractivity contribution < 1.29 is 13.9 Å². The van der Waals surface area contributed by atoms with Crippen molar-refractivity contribution in [3.63, 3.8) is 0 Å². The third-order valence-corrected chi connectivity index (χ3v) is 3.05. The molecule has 0 bridgehead atoms. The van der Waals surface area contributed by atoms with Crippen LogP contribution in [0.2, 0.25) is 0 Å². The molecule has 0 saturated carbocycles. The Hall–Kier alpha value is -1.75. The van der Waals surface area contributed by atoms with Crippen LogP contribution >= 0.6 is 0 Å². The molecule has 19 heavy (non-hydrogen) atoms. The van der Waals surface area contributed by atoms with E-state index in [1.165, 1.54) is 18.2 Å². The van der Waals surface area contributed by atoms with E-state index in [-0.39, 0.29) is 5.56 Å². The average Bonchev–Trinajstić information content (AvgIpc) is 2.68. The molecule has 5 heteroatoms. The topological polar surface area (TPSA) is 38.0 Å². The Morgan fingerprint density at radius 1 is 1.26 bits per heavy atom. The second-order valence-electron chi connectivity index (χ2n) is 4.59. The third kappa shape index (κ3) is 3.17. The molecule has 0 aliphatic carbocycles. The molecule has 2 rings (SSSR count). The number of aliphatic hydroxyl groups excluding tert-OH is 1. The van der Waals surface area contributed by atoms with Gasteiger partial charge in [0.15, 0.2) is 0 Å². The minimum absolute atomic E-state index is 0.0715. The third-order valence-electron chi connectivity index (χ3n) is 3.05. The molecule has 1 aromatic heterocycles. The Kier molecular flexibility index (Phi) is 3.95. The van der Waals surface area contributed by atoms with Crippen molar-refractivity contribution in [2.24, 2.45) is 7.05 Å². The van der Waals surface area contributed by atoms with Crippen molar-refractivity contribution >= 4 is 0 Å². The monoisotopic (exact) mass is 266 g/mol. The van der Waals surface area contributed by atoms with Crippen molar-refractivity contribution in [3.05, 3.63) is 52.8 Å². The first-order valence-corrected chi connectivity index (χ1v) is 6.03. The number of halogens is 2. The number of hydrogen-bond donors (Lipinski definition) is 1. The van der Waals surface area contributed by atoms with Crippen molar-refractivity contribution in [1.82, 2.24) is 9.78 Å². The highest BCUT2D eigenvalue weighted by molar-refractivity contribution is 5.27. The summed E-state index contributed by atoms with van der Waals surface area (Å²) in [5.41, 5.74) is 2.16. The zero-order chi connectivity index (χ0) is 14.0. The number of benzene rings is 1. The minimum Gasteiger partial charge on any atom is -0.388 e. The molecule has 1 atom stereocenters. The maximum absolute atomic E-state index is 12.6. The Bertz CT molecular complexity index is 566. The Balaban J connectivity index is 2.18. The summed E-state index contributed by atoms with van der Waals surface area (Å²) in [4.78, 5) is 0. The normalized spacial score (nSPS) is 12.9. The molecule has 0 radical (unpaired) electrons. The summed E-state index contributed by atoms with van der Waals surface area (Å²) in [6.07, 6.45) is -2.98. The lowest BCUT2D eigenvalue weighted by atomic mass is 10.0. The summed E-state index contributed by atoms with van der Waals surface area (Å²) in [5, 5.41) is 14.3. The lowest BCUT2D eigenvalue weighted by Crippen LogP contribution is -2.06. The fourth-order valence-corrected chi connectivity index (χ4v) is 2.07. The maximum Gasteiger partial charge on any atom is 0.263 e. The van der Waals surface area contributed by atoms with Gasteiger partial charge in [0.25, 0.3) is 6.43 Å². The van der Waals surface area contributed by atoms with Gasteiger partial charge in [-0.1, -0.05) is 18.2 Å². The van der Waals surface area contributed by atoms with E-state index in [4.69, 9.17) is 0 Å². The molecule has 3 nitrogen and oxygen atoms in total. The zero-order valence-corrected chi connectivity index (χ0v) is 10.8. The second-order valence-corrected chi connectivity index (χ2v) is 4.59. The number of nitrogens with zero attached hydrogens (tertiary/aromatic N) is 2. The van der Waals surface area contributed by atoms with Crippen LogP contribution in [0.1, 0.15) is 35.0 Å². The van der Waals surface area contributed by atoms with E-state index in [9.17, 15) is 13.9 Å². The first kappa shape index (κ1) is 13.7. The first-order chi connectivity index (χ1) is 8.97. The van der Waals surface area contributed by atoms with Crippen LogP contribution in [0.25, 0.3) is 0 Å². The van der Waals surface area contributed by atoms with E-state index >= 15 is 0 Å². The molecule has 1 heterocycles. The lowest BCUT2D eigenvalue weighted by Gasteiger charge is -2.12. The molecule has 1 aromatic carbocycles. The highest BCUT2D eigenvalue weighted by Crippen LogP contribution is 2.24. The highest BCUT2D eigenvalue weighted by atomic mass is 19.3. The van der Waals surface area contributed by atoms with E-state index in [1.807, 2.05) is 13.0 Å². The smallest absolute Gasteiger partial charge is 0.263 e. The van der Waals surface area contributed by atoms with E-state index in [0.717, 1.165) is 11.4 Å². The number of aromatic nitrogens is 2. The Morgan fingerprint density at radius 3 is 2.53 bits per heavy atom. The molecular weight excluding hydrogens is 250 g/mol. The quantitative estimate of drug-likeness (QED) is 0.924. The summed E-state index contributed by atoms with van der Waals surface area (Å²) >= 11 is 0. The van der Waals surface area contributed by atoms with E-state index < -0.39 is 12.5 Å². The van der Waals surface area contributed by atoms with Gasteiger partial charge < -0.3 is 5.11 Å². The van der Waals surface area contributed by atoms with Crippen LogP contribution in [0, 0.1) is 6.92 Å². The molecule has 102 valence electrons. The van der Waals surface area contributed by atoms with Gasteiger partial charge in [0, 0.05) is 24.7 Å². The summed E-state index contributed by atoms with van der Waals surface area (Å²) < 4.78 is 26.9. The lowest BCUT2D eigenvalue weighted by molar-refractivity contribution is 0.149. The summed E-state index contributed by atoms with van der Waals surface area (Å²) in [6.45, 7) is 1.87. The average molecular weight is 266 g/mol. The van der Waals surface area contributed by atoms with E-state index in [0.29, 0.717) is 12.0 Å². The number of hydrogen-bond acceptors (Lipinski definition) is 2. The fourth-order valence-electron chi connectivity index (χ4n) is 2.07. The van der Waals surface area contributed by atoms with Crippen LogP contribution < -0.4 is 0 Å². The first-order valence-electron chi connectivity index (χ1n) is 6.03. The van der Waals surface area contributed by atoms with Gasteiger partial charge in [-0.3, -0.25) is 4.68 Å². The van der Waals surface area contributed by atoms with Gasteiger partial charge in [-0.25, -0.2) is 8.78 Å². The Labute approximate surface area is 110 Å². The highest BCUT2D eigenvalue weighted by Gasteiger charge is 2.14. The molecular formula is C14H16F2N2O. The van der Waals surface area contributed by atoms with Crippen LogP contribution in [0.3, 0.4) is 0 Å². The van der Waals surface area contributed by atoms with Gasteiger partial charge in [-0.2, -0.15) is 5.10 Å². The largest absolute Gasteiger partial charge is 0.388 e. The number of rotatable bonds is 4. The fraction of sp³-hybridized carbons (Fsp3) is 0.357.